The smallest absolute Gasteiger partial charge is 0.168 e. The third-order valence-electron chi connectivity index (χ3n) is 8.31. The average Bonchev–Trinajstić information content (AvgIpc) is 3.70. The molecule has 0 atom stereocenters. The summed E-state index contributed by atoms with van der Waals surface area (Å²) >= 11 is 0. The monoisotopic (exact) mass is 808 g/mol. The molecule has 0 N–H and O–H groups in total. The Morgan fingerprint density at radius 2 is 1.54 bits per heavy atom. The summed E-state index contributed by atoms with van der Waals surface area (Å²) in [5.41, 5.74) is 9.80. The molecule has 0 aliphatic rings. The minimum absolute atomic E-state index is 0. The van der Waals surface area contributed by atoms with Crippen molar-refractivity contribution in [2.24, 2.45) is 0 Å². The summed E-state index contributed by atoms with van der Waals surface area (Å²) in [5, 5.41) is 2.16. The Morgan fingerprint density at radius 3 is 2.25 bits per heavy atom. The summed E-state index contributed by atoms with van der Waals surface area (Å²) in [5.74, 6) is 1.50. The van der Waals surface area contributed by atoms with Crippen molar-refractivity contribution in [2.75, 3.05) is 0 Å². The number of aromatic nitrogens is 4. The molecule has 4 aromatic heterocycles. The molecule has 241 valence electrons. The van der Waals surface area contributed by atoms with Crippen LogP contribution in [0.25, 0.3) is 61.4 Å². The van der Waals surface area contributed by atoms with E-state index in [-0.39, 0.29) is 25.7 Å². The zero-order valence-electron chi connectivity index (χ0n) is 30.2. The zero-order chi connectivity index (χ0) is 35.0. The van der Waals surface area contributed by atoms with E-state index < -0.39 is 6.85 Å². The Balaban J connectivity index is 0.000000222. The molecular formula is C42H36IrN4O-2. The van der Waals surface area contributed by atoms with Gasteiger partial charge in [0.25, 0.3) is 0 Å². The van der Waals surface area contributed by atoms with Crippen LogP contribution in [-0.2, 0) is 20.1 Å². The van der Waals surface area contributed by atoms with Gasteiger partial charge < -0.3 is 14.0 Å². The van der Waals surface area contributed by atoms with Crippen molar-refractivity contribution in [1.29, 1.82) is 0 Å². The largest absolute Gasteiger partial charge is 0.501 e. The standard InChI is InChI=1S/C30H26N3O.C12H10N.Ir/c1-18(2)20-11-7-12-21(19(3)4)27(20)33-25-15-9-17-31-29(25)32-30(33)24-14-8-13-23-22-10-5-6-16-26(22)34-28(23)24;1-10-7-8-12(13-9-10)11-5-3-2-4-6-11;/h5-13,15-19H,1-4H3;2-5,7-9H,1H3;/q2*-1;/i;1D3;. The summed E-state index contributed by atoms with van der Waals surface area (Å²) in [6, 6.07) is 40.1. The summed E-state index contributed by atoms with van der Waals surface area (Å²) < 4.78 is 30.3. The van der Waals surface area contributed by atoms with Gasteiger partial charge in [-0.05, 0) is 59.3 Å². The van der Waals surface area contributed by atoms with Crippen LogP contribution in [0.1, 0.15) is 60.3 Å². The molecule has 4 heterocycles. The first-order valence-corrected chi connectivity index (χ1v) is 15.8. The van der Waals surface area contributed by atoms with Gasteiger partial charge in [-0.1, -0.05) is 87.2 Å². The van der Waals surface area contributed by atoms with Crippen LogP contribution in [-0.4, -0.2) is 19.5 Å². The van der Waals surface area contributed by atoms with Crippen LogP contribution >= 0.6 is 0 Å². The van der Waals surface area contributed by atoms with Gasteiger partial charge in [-0.25, -0.2) is 4.98 Å². The topological polar surface area (TPSA) is 56.7 Å². The minimum Gasteiger partial charge on any atom is -0.501 e. The maximum absolute atomic E-state index is 7.23. The second kappa shape index (κ2) is 14.1. The van der Waals surface area contributed by atoms with Crippen LogP contribution in [0.3, 0.4) is 0 Å². The van der Waals surface area contributed by atoms with Gasteiger partial charge in [0.05, 0.1) is 16.9 Å². The first-order valence-electron chi connectivity index (χ1n) is 17.3. The Kier molecular flexibility index (Phi) is 8.57. The van der Waals surface area contributed by atoms with Crippen LogP contribution in [0.4, 0.5) is 0 Å². The fourth-order valence-electron chi connectivity index (χ4n) is 6.04. The van der Waals surface area contributed by atoms with E-state index in [1.54, 1.807) is 24.4 Å². The van der Waals surface area contributed by atoms with Crippen molar-refractivity contribution in [2.45, 2.75) is 46.4 Å². The van der Waals surface area contributed by atoms with Crippen LogP contribution in [0.5, 0.6) is 0 Å². The maximum Gasteiger partial charge on any atom is 0.168 e. The van der Waals surface area contributed by atoms with E-state index >= 15 is 0 Å². The fraction of sp³-hybridized carbons (Fsp3) is 0.167. The number of aryl methyl sites for hydroxylation is 1. The number of benzene rings is 4. The Hall–Kier alpha value is -4.90. The van der Waals surface area contributed by atoms with Crippen molar-refractivity contribution in [3.8, 4) is 28.3 Å². The molecule has 0 bridgehead atoms. The first kappa shape index (κ1) is 29.3. The van der Waals surface area contributed by atoms with E-state index in [1.807, 2.05) is 48.5 Å². The van der Waals surface area contributed by atoms with Crippen molar-refractivity contribution >= 4 is 33.1 Å². The van der Waals surface area contributed by atoms with Crippen LogP contribution in [0.15, 0.2) is 120 Å². The van der Waals surface area contributed by atoms with Crippen molar-refractivity contribution in [3.63, 3.8) is 0 Å². The number of hydrogen-bond donors (Lipinski definition) is 0. The normalized spacial score (nSPS) is 12.4. The molecule has 0 saturated carbocycles. The molecule has 5 nitrogen and oxygen atoms in total. The van der Waals surface area contributed by atoms with Gasteiger partial charge in [-0.2, -0.15) is 0 Å². The quantitative estimate of drug-likeness (QED) is 0.163. The molecule has 0 fully saturated rings. The molecule has 0 aliphatic heterocycles. The Bertz CT molecular complexity index is 2410. The van der Waals surface area contributed by atoms with E-state index in [0.29, 0.717) is 17.5 Å². The second-order valence-electron chi connectivity index (χ2n) is 12.1. The summed E-state index contributed by atoms with van der Waals surface area (Å²) in [6.45, 7) is 6.88. The van der Waals surface area contributed by atoms with Crippen LogP contribution in [0.2, 0.25) is 0 Å². The molecule has 0 aliphatic carbocycles. The van der Waals surface area contributed by atoms with E-state index in [2.05, 4.69) is 90.8 Å². The van der Waals surface area contributed by atoms with E-state index in [4.69, 9.17) is 13.5 Å². The molecule has 0 unspecified atom stereocenters. The Labute approximate surface area is 299 Å². The number of hydrogen-bond acceptors (Lipinski definition) is 4. The fourth-order valence-corrected chi connectivity index (χ4v) is 6.04. The second-order valence-corrected chi connectivity index (χ2v) is 12.1. The van der Waals surface area contributed by atoms with Gasteiger partial charge in [0.2, 0.25) is 0 Å². The number of rotatable bonds is 5. The first-order chi connectivity index (χ1) is 24.1. The number of furan rings is 1. The van der Waals surface area contributed by atoms with Gasteiger partial charge in [0.1, 0.15) is 5.58 Å². The van der Waals surface area contributed by atoms with Crippen molar-refractivity contribution in [1.82, 2.24) is 19.5 Å². The van der Waals surface area contributed by atoms with Gasteiger partial charge in [0, 0.05) is 47.7 Å². The van der Waals surface area contributed by atoms with E-state index in [9.17, 15) is 0 Å². The van der Waals surface area contributed by atoms with Crippen molar-refractivity contribution in [3.05, 3.63) is 144 Å². The van der Waals surface area contributed by atoms with Crippen LogP contribution < -0.4 is 0 Å². The third kappa shape index (κ3) is 6.22. The number of nitrogens with zero attached hydrogens (tertiary/aromatic N) is 4. The van der Waals surface area contributed by atoms with Gasteiger partial charge >= 0.3 is 0 Å². The van der Waals surface area contributed by atoms with Crippen LogP contribution in [0, 0.1) is 19.0 Å². The summed E-state index contributed by atoms with van der Waals surface area (Å²) in [7, 11) is 0. The molecule has 8 aromatic rings. The predicted octanol–water partition coefficient (Wildman–Crippen LogP) is 10.9. The molecule has 0 amide bonds. The summed E-state index contributed by atoms with van der Waals surface area (Å²) in [6.07, 6.45) is 3.19. The molecule has 0 spiro atoms. The molecule has 0 saturated heterocycles. The molecule has 4 aromatic carbocycles. The third-order valence-corrected chi connectivity index (χ3v) is 8.31. The van der Waals surface area contributed by atoms with Gasteiger partial charge in [0.15, 0.2) is 5.65 Å². The zero-order valence-corrected chi connectivity index (χ0v) is 29.5. The molecule has 8 rings (SSSR count). The number of fused-ring (bicyclic) bond motifs is 4. The summed E-state index contributed by atoms with van der Waals surface area (Å²) in [4.78, 5) is 13.8. The predicted molar refractivity (Wildman–Crippen MR) is 192 cm³/mol. The van der Waals surface area contributed by atoms with Gasteiger partial charge in [-0.15, -0.1) is 54.1 Å². The van der Waals surface area contributed by atoms with Gasteiger partial charge in [-0.3, -0.25) is 4.98 Å². The molecular weight excluding hydrogens is 769 g/mol. The van der Waals surface area contributed by atoms with E-state index in [1.165, 1.54) is 23.0 Å². The SMILES string of the molecule is CC(C)c1cccc(C(C)C)c1-n1c(-c2[c-]ccc3c2oc2ccccc23)nc2ncccc21.[2H]C([2H])([2H])c1ccc(-c2[c-]cccc2)nc1.[Ir]. The number of pyridine rings is 2. The average molecular weight is 808 g/mol. The number of imidazole rings is 1. The maximum atomic E-state index is 7.23. The molecule has 48 heavy (non-hydrogen) atoms. The molecule has 1 radical (unpaired) electrons. The van der Waals surface area contributed by atoms with E-state index in [0.717, 1.165) is 50.1 Å². The minimum atomic E-state index is -2.09. The number of para-hydroxylation sites is 2. The molecule has 6 heteroatoms. The van der Waals surface area contributed by atoms with Crippen molar-refractivity contribution < 1.29 is 28.6 Å². The Morgan fingerprint density at radius 1 is 0.750 bits per heavy atom.